The summed E-state index contributed by atoms with van der Waals surface area (Å²) in [5, 5.41) is 0.880. The van der Waals surface area contributed by atoms with Crippen molar-refractivity contribution in [3.05, 3.63) is 33.8 Å². The van der Waals surface area contributed by atoms with Crippen LogP contribution in [-0.2, 0) is 6.42 Å². The molecular weight excluding hydrogens is 248 g/mol. The van der Waals surface area contributed by atoms with E-state index in [4.69, 9.17) is 28.9 Å². The molecule has 0 aliphatic rings. The third-order valence-corrected chi connectivity index (χ3v) is 3.46. The van der Waals surface area contributed by atoms with Crippen LogP contribution in [0.2, 0.25) is 10.0 Å². The normalized spacial score (nSPS) is 14.8. The lowest BCUT2D eigenvalue weighted by molar-refractivity contribution is 0.158. The zero-order chi connectivity index (χ0) is 12.2. The van der Waals surface area contributed by atoms with Gasteiger partial charge >= 0.3 is 0 Å². The topological polar surface area (TPSA) is 26.0 Å². The molecule has 0 saturated carbocycles. The Hall–Kier alpha value is -0.310. The highest BCUT2D eigenvalue weighted by molar-refractivity contribution is 6.42. The fourth-order valence-corrected chi connectivity index (χ4v) is 2.12. The van der Waals surface area contributed by atoms with Crippen molar-refractivity contribution >= 4 is 23.2 Å². The van der Waals surface area contributed by atoms with Gasteiger partial charge in [-0.1, -0.05) is 48.7 Å². The van der Waals surface area contributed by atoms with Gasteiger partial charge in [-0.3, -0.25) is 0 Å². The number of halogens is 3. The largest absolute Gasteiger partial charge is 0.328 e. The Morgan fingerprint density at radius 1 is 1.38 bits per heavy atom. The van der Waals surface area contributed by atoms with Crippen LogP contribution in [0.15, 0.2) is 18.2 Å². The van der Waals surface area contributed by atoms with Gasteiger partial charge in [-0.25, -0.2) is 4.39 Å². The number of rotatable bonds is 5. The molecule has 0 amide bonds. The molecule has 0 aliphatic heterocycles. The molecule has 16 heavy (non-hydrogen) atoms. The first-order valence-corrected chi connectivity index (χ1v) is 6.10. The fraction of sp³-hybridized carbons (Fsp3) is 0.500. The fourth-order valence-electron chi connectivity index (χ4n) is 1.74. The quantitative estimate of drug-likeness (QED) is 0.854. The summed E-state index contributed by atoms with van der Waals surface area (Å²) in [6, 6.07) is 5.25. The number of hydrogen-bond acceptors (Lipinski definition) is 1. The van der Waals surface area contributed by atoms with Crippen molar-refractivity contribution in [2.24, 2.45) is 5.73 Å². The van der Waals surface area contributed by atoms with Crippen LogP contribution >= 0.6 is 23.2 Å². The smallest absolute Gasteiger partial charge is 0.127 e. The molecule has 90 valence electrons. The average molecular weight is 264 g/mol. The van der Waals surface area contributed by atoms with Gasteiger partial charge in [-0.2, -0.15) is 0 Å². The van der Waals surface area contributed by atoms with E-state index in [0.29, 0.717) is 16.5 Å². The van der Waals surface area contributed by atoms with Crippen LogP contribution < -0.4 is 5.73 Å². The van der Waals surface area contributed by atoms with Gasteiger partial charge in [-0.15, -0.1) is 0 Å². The monoisotopic (exact) mass is 263 g/mol. The number of nitrogens with two attached hydrogens (primary N) is 1. The van der Waals surface area contributed by atoms with Gasteiger partial charge in [0.25, 0.3) is 0 Å². The lowest BCUT2D eigenvalue weighted by Crippen LogP contribution is -2.35. The first-order valence-electron chi connectivity index (χ1n) is 5.34. The van der Waals surface area contributed by atoms with Crippen LogP contribution in [-0.4, -0.2) is 12.2 Å². The van der Waals surface area contributed by atoms with E-state index in [0.717, 1.165) is 12.0 Å². The van der Waals surface area contributed by atoms with Crippen LogP contribution in [0.4, 0.5) is 4.39 Å². The van der Waals surface area contributed by atoms with E-state index in [-0.39, 0.29) is 13.0 Å². The molecule has 1 aromatic rings. The highest BCUT2D eigenvalue weighted by Gasteiger charge is 2.28. The standard InChI is InChI=1S/C12H16Cl2FN/c1-2-6-12(15,8-16)7-9-4-3-5-10(13)11(9)14/h3-5H,2,6-8,16H2,1H3. The van der Waals surface area contributed by atoms with E-state index in [1.807, 2.05) is 6.92 Å². The summed E-state index contributed by atoms with van der Waals surface area (Å²) in [7, 11) is 0. The van der Waals surface area contributed by atoms with Gasteiger partial charge in [-0.05, 0) is 18.1 Å². The van der Waals surface area contributed by atoms with Gasteiger partial charge < -0.3 is 5.73 Å². The van der Waals surface area contributed by atoms with E-state index in [2.05, 4.69) is 0 Å². The summed E-state index contributed by atoms with van der Waals surface area (Å²) in [4.78, 5) is 0. The minimum atomic E-state index is -1.39. The molecule has 1 nitrogen and oxygen atoms in total. The summed E-state index contributed by atoms with van der Waals surface area (Å²) in [5.74, 6) is 0. The van der Waals surface area contributed by atoms with Crippen molar-refractivity contribution in [3.8, 4) is 0 Å². The first-order chi connectivity index (χ1) is 7.52. The third kappa shape index (κ3) is 3.34. The lowest BCUT2D eigenvalue weighted by atomic mass is 9.92. The van der Waals surface area contributed by atoms with E-state index in [1.54, 1.807) is 18.2 Å². The Balaban J connectivity index is 2.90. The molecule has 2 N–H and O–H groups in total. The van der Waals surface area contributed by atoms with Crippen molar-refractivity contribution < 1.29 is 4.39 Å². The third-order valence-electron chi connectivity index (χ3n) is 2.60. The Morgan fingerprint density at radius 3 is 2.62 bits per heavy atom. The molecule has 1 rings (SSSR count). The van der Waals surface area contributed by atoms with Gasteiger partial charge in [0, 0.05) is 13.0 Å². The van der Waals surface area contributed by atoms with E-state index in [9.17, 15) is 4.39 Å². The molecule has 0 heterocycles. The Labute approximate surface area is 106 Å². The lowest BCUT2D eigenvalue weighted by Gasteiger charge is -2.23. The molecular formula is C12H16Cl2FN. The Morgan fingerprint density at radius 2 is 2.06 bits per heavy atom. The highest BCUT2D eigenvalue weighted by Crippen LogP contribution is 2.31. The minimum Gasteiger partial charge on any atom is -0.328 e. The summed E-state index contributed by atoms with van der Waals surface area (Å²) >= 11 is 11.9. The van der Waals surface area contributed by atoms with E-state index >= 15 is 0 Å². The second-order valence-electron chi connectivity index (χ2n) is 3.99. The van der Waals surface area contributed by atoms with Gasteiger partial charge in [0.2, 0.25) is 0 Å². The first kappa shape index (κ1) is 13.8. The van der Waals surface area contributed by atoms with Crippen LogP contribution in [0.5, 0.6) is 0 Å². The van der Waals surface area contributed by atoms with Crippen molar-refractivity contribution in [1.82, 2.24) is 0 Å². The summed E-state index contributed by atoms with van der Waals surface area (Å²) in [6.45, 7) is 1.94. The number of alkyl halides is 1. The zero-order valence-electron chi connectivity index (χ0n) is 9.27. The van der Waals surface area contributed by atoms with Crippen molar-refractivity contribution in [1.29, 1.82) is 0 Å². The maximum Gasteiger partial charge on any atom is 0.127 e. The molecule has 0 radical (unpaired) electrons. The Kier molecular flexibility index (Phi) is 5.03. The van der Waals surface area contributed by atoms with Crippen LogP contribution in [0, 0.1) is 0 Å². The SMILES string of the molecule is CCCC(F)(CN)Cc1cccc(Cl)c1Cl. The number of hydrogen-bond donors (Lipinski definition) is 1. The molecule has 0 aromatic heterocycles. The van der Waals surface area contributed by atoms with Gasteiger partial charge in [0.15, 0.2) is 0 Å². The van der Waals surface area contributed by atoms with Crippen LogP contribution in [0.25, 0.3) is 0 Å². The maximum absolute atomic E-state index is 14.3. The molecule has 0 saturated heterocycles. The van der Waals surface area contributed by atoms with Crippen LogP contribution in [0.3, 0.4) is 0 Å². The predicted molar refractivity (Wildman–Crippen MR) is 68.0 cm³/mol. The average Bonchev–Trinajstić information content (AvgIpc) is 2.25. The van der Waals surface area contributed by atoms with Gasteiger partial charge in [0.1, 0.15) is 5.67 Å². The van der Waals surface area contributed by atoms with Crippen molar-refractivity contribution in [2.75, 3.05) is 6.54 Å². The van der Waals surface area contributed by atoms with Crippen LogP contribution in [0.1, 0.15) is 25.3 Å². The van der Waals surface area contributed by atoms with E-state index < -0.39 is 5.67 Å². The second-order valence-corrected chi connectivity index (χ2v) is 4.78. The molecule has 0 bridgehead atoms. The van der Waals surface area contributed by atoms with E-state index in [1.165, 1.54) is 0 Å². The molecule has 0 spiro atoms. The second kappa shape index (κ2) is 5.85. The summed E-state index contributed by atoms with van der Waals surface area (Å²) in [6.07, 6.45) is 1.41. The Bertz CT molecular complexity index is 357. The molecule has 1 atom stereocenters. The summed E-state index contributed by atoms with van der Waals surface area (Å²) < 4.78 is 14.3. The van der Waals surface area contributed by atoms with Crippen molar-refractivity contribution in [2.45, 2.75) is 31.9 Å². The molecule has 0 aliphatic carbocycles. The zero-order valence-corrected chi connectivity index (χ0v) is 10.8. The highest BCUT2D eigenvalue weighted by atomic mass is 35.5. The van der Waals surface area contributed by atoms with Gasteiger partial charge in [0.05, 0.1) is 10.0 Å². The summed E-state index contributed by atoms with van der Waals surface area (Å²) in [5.41, 5.74) is 4.81. The minimum absolute atomic E-state index is 0.00365. The molecule has 0 fully saturated rings. The molecule has 4 heteroatoms. The maximum atomic E-state index is 14.3. The predicted octanol–water partition coefficient (Wildman–Crippen LogP) is 4.00. The van der Waals surface area contributed by atoms with Crippen molar-refractivity contribution in [3.63, 3.8) is 0 Å². The molecule has 1 aromatic carbocycles. The number of benzene rings is 1. The molecule has 1 unspecified atom stereocenters.